The van der Waals surface area contributed by atoms with E-state index in [1.807, 2.05) is 36.4 Å². The van der Waals surface area contributed by atoms with Gasteiger partial charge in [-0.2, -0.15) is 0 Å². The Hall–Kier alpha value is -2.14. The van der Waals surface area contributed by atoms with Gasteiger partial charge in [-0.3, -0.25) is 9.36 Å². The van der Waals surface area contributed by atoms with Crippen LogP contribution in [0.3, 0.4) is 0 Å². The topological polar surface area (TPSA) is 73.9 Å². The minimum atomic E-state index is -3.50. The van der Waals surface area contributed by atoms with E-state index in [9.17, 15) is 9.36 Å². The van der Waals surface area contributed by atoms with Gasteiger partial charge < -0.3 is 14.0 Å². The smallest absolute Gasteiger partial charge is 0.342 e. The minimum absolute atomic E-state index is 0.184. The van der Waals surface area contributed by atoms with Gasteiger partial charge in [-0.05, 0) is 38.5 Å². The van der Waals surface area contributed by atoms with Crippen LogP contribution in [0.15, 0.2) is 60.7 Å². The highest BCUT2D eigenvalue weighted by molar-refractivity contribution is 7.57. The monoisotopic (exact) mass is 391 g/mol. The van der Waals surface area contributed by atoms with Crippen LogP contribution in [0.1, 0.15) is 26.3 Å². The summed E-state index contributed by atoms with van der Waals surface area (Å²) in [6.45, 7) is 5.39. The van der Waals surface area contributed by atoms with Crippen molar-refractivity contribution in [3.8, 4) is 5.75 Å². The van der Waals surface area contributed by atoms with E-state index in [0.717, 1.165) is 5.56 Å². The van der Waals surface area contributed by atoms with Gasteiger partial charge in [-0.1, -0.05) is 48.5 Å². The number of esters is 1. The Balaban J connectivity index is 2.05. The number of rotatable bonds is 10. The van der Waals surface area contributed by atoms with E-state index in [1.54, 1.807) is 45.0 Å². The van der Waals surface area contributed by atoms with Crippen LogP contribution >= 0.6 is 7.52 Å². The molecule has 0 saturated carbocycles. The minimum Gasteiger partial charge on any atom is -0.462 e. The van der Waals surface area contributed by atoms with Crippen molar-refractivity contribution in [2.75, 3.05) is 6.35 Å². The second-order valence-electron chi connectivity index (χ2n) is 6.38. The average molecular weight is 391 g/mol. The lowest BCUT2D eigenvalue weighted by molar-refractivity contribution is -0.149. The molecule has 0 saturated heterocycles. The number of hydrogen-bond acceptors (Lipinski definition) is 5. The first-order valence-electron chi connectivity index (χ1n) is 8.81. The molecule has 0 unspecified atom stereocenters. The molecule has 6 nitrogen and oxygen atoms in total. The molecule has 0 aliphatic rings. The van der Waals surface area contributed by atoms with Crippen molar-refractivity contribution in [1.82, 2.24) is 5.09 Å². The molecule has 2 aromatic carbocycles. The zero-order valence-electron chi connectivity index (χ0n) is 15.8. The van der Waals surface area contributed by atoms with Gasteiger partial charge in [0.05, 0.1) is 12.7 Å². The molecule has 146 valence electrons. The third kappa shape index (κ3) is 7.55. The number of benzene rings is 2. The highest BCUT2D eigenvalue weighted by atomic mass is 31.2. The average Bonchev–Trinajstić information content (AvgIpc) is 2.62. The van der Waals surface area contributed by atoms with Crippen LogP contribution in [0.2, 0.25) is 0 Å². The fourth-order valence-corrected chi connectivity index (χ4v) is 3.95. The predicted molar refractivity (Wildman–Crippen MR) is 105 cm³/mol. The highest BCUT2D eigenvalue weighted by Crippen LogP contribution is 2.43. The molecule has 0 amide bonds. The summed E-state index contributed by atoms with van der Waals surface area (Å²) in [6, 6.07) is 17.5. The van der Waals surface area contributed by atoms with Crippen LogP contribution in [0.5, 0.6) is 5.75 Å². The summed E-state index contributed by atoms with van der Waals surface area (Å²) in [5, 5.41) is 2.77. The number of nitrogens with one attached hydrogen (secondary N) is 1. The van der Waals surface area contributed by atoms with Crippen molar-refractivity contribution in [2.24, 2.45) is 0 Å². The molecule has 0 aliphatic carbocycles. The molecule has 2 atom stereocenters. The first-order valence-corrected chi connectivity index (χ1v) is 10.6. The molecular weight excluding hydrogens is 365 g/mol. The van der Waals surface area contributed by atoms with Crippen molar-refractivity contribution in [1.29, 1.82) is 0 Å². The third-order valence-corrected chi connectivity index (χ3v) is 5.27. The summed E-state index contributed by atoms with van der Waals surface area (Å²) in [5.74, 6) is -0.0639. The first-order chi connectivity index (χ1) is 12.9. The predicted octanol–water partition coefficient (Wildman–Crippen LogP) is 4.36. The van der Waals surface area contributed by atoms with Crippen LogP contribution in [-0.4, -0.2) is 24.5 Å². The molecule has 0 bridgehead atoms. The molecule has 0 spiro atoms. The van der Waals surface area contributed by atoms with Gasteiger partial charge in [-0.25, -0.2) is 5.09 Å². The highest BCUT2D eigenvalue weighted by Gasteiger charge is 2.31. The zero-order chi connectivity index (χ0) is 19.7. The zero-order valence-corrected chi connectivity index (χ0v) is 16.7. The lowest BCUT2D eigenvalue weighted by Crippen LogP contribution is -2.36. The summed E-state index contributed by atoms with van der Waals surface area (Å²) in [6.07, 6.45) is -0.443. The van der Waals surface area contributed by atoms with Crippen molar-refractivity contribution >= 4 is 13.5 Å². The first kappa shape index (κ1) is 21.2. The van der Waals surface area contributed by atoms with Crippen LogP contribution in [-0.2, 0) is 25.4 Å². The summed E-state index contributed by atoms with van der Waals surface area (Å²) in [7, 11) is -3.50. The Morgan fingerprint density at radius 2 is 1.59 bits per heavy atom. The van der Waals surface area contributed by atoms with Crippen molar-refractivity contribution in [3.05, 3.63) is 66.2 Å². The van der Waals surface area contributed by atoms with Crippen LogP contribution in [0.25, 0.3) is 0 Å². The normalized spacial score (nSPS) is 14.4. The third-order valence-electron chi connectivity index (χ3n) is 3.46. The van der Waals surface area contributed by atoms with E-state index < -0.39 is 19.5 Å². The van der Waals surface area contributed by atoms with Gasteiger partial charge in [0.2, 0.25) is 0 Å². The Kier molecular flexibility index (Phi) is 8.04. The molecule has 0 radical (unpaired) electrons. The van der Waals surface area contributed by atoms with Crippen LogP contribution in [0, 0.1) is 0 Å². The van der Waals surface area contributed by atoms with E-state index in [4.69, 9.17) is 14.0 Å². The largest absolute Gasteiger partial charge is 0.462 e. The Morgan fingerprint density at radius 1 is 1.00 bits per heavy atom. The molecule has 0 aromatic heterocycles. The summed E-state index contributed by atoms with van der Waals surface area (Å²) in [5.41, 5.74) is 0.955. The maximum atomic E-state index is 13.3. The molecule has 2 aromatic rings. The van der Waals surface area contributed by atoms with E-state index >= 15 is 0 Å². The van der Waals surface area contributed by atoms with Gasteiger partial charge in [0.15, 0.2) is 0 Å². The van der Waals surface area contributed by atoms with Gasteiger partial charge in [0.1, 0.15) is 18.1 Å². The van der Waals surface area contributed by atoms with Gasteiger partial charge >= 0.3 is 13.5 Å². The Bertz CT molecular complexity index is 751. The SMILES string of the molecule is CC(C)OC(=O)[C@H](C)N[P@@](=O)(COCc1ccccc1)Oc1ccccc1. The Labute approximate surface area is 160 Å². The molecule has 0 heterocycles. The number of carbonyl (C=O) groups excluding carboxylic acids is 1. The van der Waals surface area contributed by atoms with Gasteiger partial charge in [0.25, 0.3) is 0 Å². The van der Waals surface area contributed by atoms with Crippen molar-refractivity contribution in [2.45, 2.75) is 39.5 Å². The molecule has 2 rings (SSSR count). The number of hydrogen-bond donors (Lipinski definition) is 1. The molecule has 7 heteroatoms. The van der Waals surface area contributed by atoms with Crippen LogP contribution in [0.4, 0.5) is 0 Å². The van der Waals surface area contributed by atoms with E-state index in [1.165, 1.54) is 0 Å². The van der Waals surface area contributed by atoms with E-state index in [2.05, 4.69) is 5.09 Å². The molecule has 0 fully saturated rings. The lowest BCUT2D eigenvalue weighted by Gasteiger charge is -2.24. The van der Waals surface area contributed by atoms with E-state index in [0.29, 0.717) is 5.75 Å². The summed E-state index contributed by atoms with van der Waals surface area (Å²) in [4.78, 5) is 12.1. The van der Waals surface area contributed by atoms with Crippen molar-refractivity contribution < 1.29 is 23.4 Å². The molecule has 1 N–H and O–H groups in total. The van der Waals surface area contributed by atoms with Gasteiger partial charge in [-0.15, -0.1) is 0 Å². The fourth-order valence-electron chi connectivity index (χ4n) is 2.28. The maximum absolute atomic E-state index is 13.3. The van der Waals surface area contributed by atoms with Crippen molar-refractivity contribution in [3.63, 3.8) is 0 Å². The second kappa shape index (κ2) is 10.3. The summed E-state index contributed by atoms with van der Waals surface area (Å²) >= 11 is 0. The second-order valence-corrected chi connectivity index (χ2v) is 8.42. The molecule has 0 aliphatic heterocycles. The lowest BCUT2D eigenvalue weighted by atomic mass is 10.2. The van der Waals surface area contributed by atoms with E-state index in [-0.39, 0.29) is 19.1 Å². The standard InChI is InChI=1S/C20H26NO5P/c1-16(2)25-20(22)17(3)21-27(23,26-19-12-8-5-9-13-19)15-24-14-18-10-6-4-7-11-18/h4-13,16-17H,14-15H2,1-3H3,(H,21,23)/t17-,27+/m0/s1. The fraction of sp³-hybridized carbons (Fsp3) is 0.350. The number of ether oxygens (including phenoxy) is 2. The molecule has 27 heavy (non-hydrogen) atoms. The number of para-hydroxylation sites is 1. The van der Waals surface area contributed by atoms with Gasteiger partial charge in [0, 0.05) is 0 Å². The maximum Gasteiger partial charge on any atom is 0.342 e. The molecular formula is C20H26NO5P. The summed E-state index contributed by atoms with van der Waals surface area (Å²) < 4.78 is 29.8. The number of carbonyl (C=O) groups is 1. The quantitative estimate of drug-likeness (QED) is 0.479. The van der Waals surface area contributed by atoms with Crippen LogP contribution < -0.4 is 9.61 Å². The Morgan fingerprint density at radius 3 is 2.19 bits per heavy atom.